The van der Waals surface area contributed by atoms with Crippen LogP contribution in [0.5, 0.6) is 5.75 Å². The lowest BCUT2D eigenvalue weighted by Crippen LogP contribution is -2.49. The summed E-state index contributed by atoms with van der Waals surface area (Å²) in [6.07, 6.45) is 1.68. The number of rotatable bonds is 11. The Morgan fingerprint density at radius 2 is 1.73 bits per heavy atom. The van der Waals surface area contributed by atoms with E-state index in [4.69, 9.17) is 16.3 Å². The number of benzene rings is 2. The van der Waals surface area contributed by atoms with Gasteiger partial charge in [-0.05, 0) is 50.5 Å². The number of carbonyl (C=O) groups is 2. The lowest BCUT2D eigenvalue weighted by molar-refractivity contribution is -0.141. The van der Waals surface area contributed by atoms with Gasteiger partial charge < -0.3 is 15.0 Å². The number of hydrogen-bond acceptors (Lipinski definition) is 3. The molecule has 0 aliphatic rings. The van der Waals surface area contributed by atoms with Gasteiger partial charge in [0, 0.05) is 24.0 Å². The molecule has 2 aromatic carbocycles. The molecule has 162 valence electrons. The van der Waals surface area contributed by atoms with Crippen molar-refractivity contribution in [2.75, 3.05) is 6.61 Å². The van der Waals surface area contributed by atoms with Crippen LogP contribution in [0.3, 0.4) is 0 Å². The van der Waals surface area contributed by atoms with Gasteiger partial charge >= 0.3 is 0 Å². The van der Waals surface area contributed by atoms with E-state index in [9.17, 15) is 9.59 Å². The summed E-state index contributed by atoms with van der Waals surface area (Å²) >= 11 is 6.30. The van der Waals surface area contributed by atoms with Gasteiger partial charge in [0.15, 0.2) is 0 Å². The van der Waals surface area contributed by atoms with Gasteiger partial charge in [0.05, 0.1) is 6.61 Å². The SMILES string of the molecule is CC[C@@H](C)NC(=O)[C@@H](C)N(Cc1ccccc1Cl)C(=O)CCCOc1ccccc1. The van der Waals surface area contributed by atoms with E-state index in [2.05, 4.69) is 5.32 Å². The Hall–Kier alpha value is -2.53. The van der Waals surface area contributed by atoms with Gasteiger partial charge in [0.2, 0.25) is 11.8 Å². The fraction of sp³-hybridized carbons (Fsp3) is 0.417. The Morgan fingerprint density at radius 3 is 2.40 bits per heavy atom. The summed E-state index contributed by atoms with van der Waals surface area (Å²) in [4.78, 5) is 27.3. The Morgan fingerprint density at radius 1 is 1.07 bits per heavy atom. The highest BCUT2D eigenvalue weighted by molar-refractivity contribution is 6.31. The van der Waals surface area contributed by atoms with Crippen LogP contribution < -0.4 is 10.1 Å². The average Bonchev–Trinajstić information content (AvgIpc) is 2.76. The molecule has 0 aliphatic carbocycles. The van der Waals surface area contributed by atoms with Crippen molar-refractivity contribution in [1.29, 1.82) is 0 Å². The summed E-state index contributed by atoms with van der Waals surface area (Å²) in [6.45, 7) is 6.43. The molecule has 2 amide bonds. The molecule has 0 saturated heterocycles. The predicted octanol–water partition coefficient (Wildman–Crippen LogP) is 4.83. The maximum Gasteiger partial charge on any atom is 0.242 e. The second-order valence-electron chi connectivity index (χ2n) is 7.37. The van der Waals surface area contributed by atoms with Crippen molar-refractivity contribution in [2.45, 2.75) is 58.7 Å². The molecule has 0 aliphatic heterocycles. The van der Waals surface area contributed by atoms with Crippen LogP contribution in [0.15, 0.2) is 54.6 Å². The molecule has 2 atom stereocenters. The third-order valence-corrected chi connectivity index (χ3v) is 5.38. The van der Waals surface area contributed by atoms with E-state index in [-0.39, 0.29) is 30.8 Å². The highest BCUT2D eigenvalue weighted by Gasteiger charge is 2.27. The molecule has 0 fully saturated rings. The first-order chi connectivity index (χ1) is 14.4. The van der Waals surface area contributed by atoms with Gasteiger partial charge in [-0.3, -0.25) is 9.59 Å². The summed E-state index contributed by atoms with van der Waals surface area (Å²) < 4.78 is 5.68. The molecule has 1 N–H and O–H groups in total. The monoisotopic (exact) mass is 430 g/mol. The molecule has 0 aromatic heterocycles. The van der Waals surface area contributed by atoms with Crippen molar-refractivity contribution in [2.24, 2.45) is 0 Å². The van der Waals surface area contributed by atoms with Crippen LogP contribution in [0.2, 0.25) is 5.02 Å². The summed E-state index contributed by atoms with van der Waals surface area (Å²) in [5.74, 6) is 0.517. The van der Waals surface area contributed by atoms with Crippen molar-refractivity contribution >= 4 is 23.4 Å². The van der Waals surface area contributed by atoms with E-state index in [1.807, 2.05) is 62.4 Å². The molecule has 2 aromatic rings. The van der Waals surface area contributed by atoms with Crippen LogP contribution in [0.1, 0.15) is 45.6 Å². The van der Waals surface area contributed by atoms with Gasteiger partial charge in [0.25, 0.3) is 0 Å². The number of nitrogens with zero attached hydrogens (tertiary/aromatic N) is 1. The van der Waals surface area contributed by atoms with Gasteiger partial charge in [-0.25, -0.2) is 0 Å². The summed E-state index contributed by atoms with van der Waals surface area (Å²) in [5.41, 5.74) is 0.816. The van der Waals surface area contributed by atoms with Gasteiger partial charge in [-0.15, -0.1) is 0 Å². The lowest BCUT2D eigenvalue weighted by atomic mass is 10.1. The molecule has 0 heterocycles. The van der Waals surface area contributed by atoms with Gasteiger partial charge in [0.1, 0.15) is 11.8 Å². The minimum atomic E-state index is -0.599. The zero-order valence-electron chi connectivity index (χ0n) is 17.9. The molecular formula is C24H31ClN2O3. The van der Waals surface area contributed by atoms with E-state index in [0.29, 0.717) is 18.1 Å². The maximum atomic E-state index is 13.0. The molecule has 30 heavy (non-hydrogen) atoms. The normalized spacial score (nSPS) is 12.7. The Bertz CT molecular complexity index is 813. The fourth-order valence-corrected chi connectivity index (χ4v) is 3.13. The minimum absolute atomic E-state index is 0.0523. The highest BCUT2D eigenvalue weighted by Crippen LogP contribution is 2.19. The number of carbonyl (C=O) groups excluding carboxylic acids is 2. The number of nitrogens with one attached hydrogen (secondary N) is 1. The number of hydrogen-bond donors (Lipinski definition) is 1. The fourth-order valence-electron chi connectivity index (χ4n) is 2.93. The number of ether oxygens (including phenoxy) is 1. The molecule has 0 saturated carbocycles. The largest absolute Gasteiger partial charge is 0.494 e. The van der Waals surface area contributed by atoms with Crippen LogP contribution in [-0.4, -0.2) is 35.4 Å². The van der Waals surface area contributed by atoms with Crippen LogP contribution in [0.4, 0.5) is 0 Å². The Kier molecular flexibility index (Phi) is 9.68. The lowest BCUT2D eigenvalue weighted by Gasteiger charge is -2.30. The van der Waals surface area contributed by atoms with Crippen LogP contribution >= 0.6 is 11.6 Å². The molecular weight excluding hydrogens is 400 g/mol. The molecule has 0 bridgehead atoms. The molecule has 2 rings (SSSR count). The van der Waals surface area contributed by atoms with E-state index in [1.165, 1.54) is 0 Å². The van der Waals surface area contributed by atoms with Crippen molar-refractivity contribution in [3.63, 3.8) is 0 Å². The summed E-state index contributed by atoms with van der Waals surface area (Å²) in [7, 11) is 0. The zero-order valence-corrected chi connectivity index (χ0v) is 18.7. The van der Waals surface area contributed by atoms with Crippen molar-refractivity contribution in [1.82, 2.24) is 10.2 Å². The van der Waals surface area contributed by atoms with E-state index in [0.717, 1.165) is 17.7 Å². The van der Waals surface area contributed by atoms with Crippen molar-refractivity contribution in [3.05, 3.63) is 65.2 Å². The second-order valence-corrected chi connectivity index (χ2v) is 7.78. The standard InChI is InChI=1S/C24H31ClN2O3/c1-4-18(2)26-24(29)19(3)27(17-20-11-8-9-14-22(20)25)23(28)15-10-16-30-21-12-6-5-7-13-21/h5-9,11-14,18-19H,4,10,15-17H2,1-3H3,(H,26,29)/t18-,19-/m1/s1. The smallest absolute Gasteiger partial charge is 0.242 e. The predicted molar refractivity (Wildman–Crippen MR) is 121 cm³/mol. The Labute approximate surface area is 184 Å². The van der Waals surface area contributed by atoms with Crippen LogP contribution in [0.25, 0.3) is 0 Å². The number of amides is 2. The van der Waals surface area contributed by atoms with E-state index < -0.39 is 6.04 Å². The van der Waals surface area contributed by atoms with E-state index >= 15 is 0 Å². The zero-order chi connectivity index (χ0) is 21.9. The third-order valence-electron chi connectivity index (χ3n) is 5.01. The number of para-hydroxylation sites is 1. The summed E-state index contributed by atoms with van der Waals surface area (Å²) in [6, 6.07) is 16.3. The Balaban J connectivity index is 2.02. The topological polar surface area (TPSA) is 58.6 Å². The van der Waals surface area contributed by atoms with Crippen LogP contribution in [-0.2, 0) is 16.1 Å². The molecule has 0 radical (unpaired) electrons. The van der Waals surface area contributed by atoms with Crippen molar-refractivity contribution in [3.8, 4) is 5.75 Å². The molecule has 0 unspecified atom stereocenters. The first kappa shape index (κ1) is 23.7. The van der Waals surface area contributed by atoms with Crippen molar-refractivity contribution < 1.29 is 14.3 Å². The molecule has 5 nitrogen and oxygen atoms in total. The summed E-state index contributed by atoms with van der Waals surface area (Å²) in [5, 5.41) is 3.54. The van der Waals surface area contributed by atoms with Gasteiger partial charge in [-0.1, -0.05) is 54.9 Å². The van der Waals surface area contributed by atoms with Crippen LogP contribution in [0, 0.1) is 0 Å². The molecule has 6 heteroatoms. The van der Waals surface area contributed by atoms with E-state index in [1.54, 1.807) is 17.9 Å². The average molecular weight is 431 g/mol. The molecule has 0 spiro atoms. The quantitative estimate of drug-likeness (QED) is 0.519. The first-order valence-electron chi connectivity index (χ1n) is 10.4. The first-order valence-corrected chi connectivity index (χ1v) is 10.8. The number of halogens is 1. The highest BCUT2D eigenvalue weighted by atomic mass is 35.5. The third kappa shape index (κ3) is 7.38. The second kappa shape index (κ2) is 12.2. The van der Waals surface area contributed by atoms with Gasteiger partial charge in [-0.2, -0.15) is 0 Å². The minimum Gasteiger partial charge on any atom is -0.494 e. The maximum absolute atomic E-state index is 13.0.